The number of benzene rings is 1. The first-order valence-corrected chi connectivity index (χ1v) is 4.58. The maximum Gasteiger partial charge on any atom is 0.0659 e. The Labute approximate surface area is 83.2 Å². The molecular formula is C11H13N3. The van der Waals surface area contributed by atoms with Gasteiger partial charge in [-0.1, -0.05) is 12.1 Å². The van der Waals surface area contributed by atoms with Crippen LogP contribution < -0.4 is 5.73 Å². The van der Waals surface area contributed by atoms with E-state index >= 15 is 0 Å². The van der Waals surface area contributed by atoms with Crippen molar-refractivity contribution in [2.45, 2.75) is 13.5 Å². The van der Waals surface area contributed by atoms with Gasteiger partial charge in [0.15, 0.2) is 0 Å². The van der Waals surface area contributed by atoms with Crippen LogP contribution in [0.15, 0.2) is 36.5 Å². The Morgan fingerprint density at radius 3 is 2.50 bits per heavy atom. The lowest BCUT2D eigenvalue weighted by molar-refractivity contribution is 0.679. The SMILES string of the molecule is Cc1ccn(Cc2ccc(N)cc2)n1. The Balaban J connectivity index is 2.15. The van der Waals surface area contributed by atoms with Crippen LogP contribution in [0.4, 0.5) is 5.69 Å². The fraction of sp³-hybridized carbons (Fsp3) is 0.182. The van der Waals surface area contributed by atoms with Crippen molar-refractivity contribution in [3.63, 3.8) is 0 Å². The smallest absolute Gasteiger partial charge is 0.0659 e. The van der Waals surface area contributed by atoms with Gasteiger partial charge in [0.1, 0.15) is 0 Å². The Morgan fingerprint density at radius 1 is 1.21 bits per heavy atom. The summed E-state index contributed by atoms with van der Waals surface area (Å²) < 4.78 is 1.92. The molecule has 0 bridgehead atoms. The van der Waals surface area contributed by atoms with Gasteiger partial charge in [-0.05, 0) is 30.7 Å². The van der Waals surface area contributed by atoms with Crippen molar-refractivity contribution in [1.82, 2.24) is 9.78 Å². The molecule has 0 unspecified atom stereocenters. The van der Waals surface area contributed by atoms with Gasteiger partial charge in [-0.3, -0.25) is 4.68 Å². The Bertz CT molecular complexity index is 414. The maximum atomic E-state index is 5.60. The lowest BCUT2D eigenvalue weighted by Gasteiger charge is -2.01. The molecule has 0 radical (unpaired) electrons. The van der Waals surface area contributed by atoms with Crippen molar-refractivity contribution in [3.05, 3.63) is 47.8 Å². The zero-order chi connectivity index (χ0) is 9.97. The number of nitrogens with two attached hydrogens (primary N) is 1. The topological polar surface area (TPSA) is 43.8 Å². The molecule has 3 heteroatoms. The Hall–Kier alpha value is -1.77. The normalized spacial score (nSPS) is 10.4. The number of rotatable bonds is 2. The molecule has 0 amide bonds. The van der Waals surface area contributed by atoms with E-state index in [2.05, 4.69) is 5.10 Å². The van der Waals surface area contributed by atoms with Gasteiger partial charge in [-0.2, -0.15) is 5.10 Å². The van der Waals surface area contributed by atoms with Crippen LogP contribution in [-0.4, -0.2) is 9.78 Å². The van der Waals surface area contributed by atoms with E-state index < -0.39 is 0 Å². The van der Waals surface area contributed by atoms with E-state index in [0.29, 0.717) is 0 Å². The fourth-order valence-electron chi connectivity index (χ4n) is 1.36. The molecule has 14 heavy (non-hydrogen) atoms. The van der Waals surface area contributed by atoms with E-state index in [0.717, 1.165) is 17.9 Å². The van der Waals surface area contributed by atoms with Gasteiger partial charge in [0.2, 0.25) is 0 Å². The van der Waals surface area contributed by atoms with E-state index in [1.54, 1.807) is 0 Å². The van der Waals surface area contributed by atoms with Gasteiger partial charge in [0, 0.05) is 11.9 Å². The molecule has 0 atom stereocenters. The van der Waals surface area contributed by atoms with E-state index in [4.69, 9.17) is 5.73 Å². The average Bonchev–Trinajstić information content (AvgIpc) is 2.56. The third kappa shape index (κ3) is 1.93. The standard InChI is InChI=1S/C11H13N3/c1-9-6-7-14(13-9)8-10-2-4-11(12)5-3-10/h2-7H,8,12H2,1H3. The second-order valence-electron chi connectivity index (χ2n) is 3.40. The van der Waals surface area contributed by atoms with E-state index in [9.17, 15) is 0 Å². The number of hydrogen-bond donors (Lipinski definition) is 1. The van der Waals surface area contributed by atoms with Crippen molar-refractivity contribution in [2.24, 2.45) is 0 Å². The van der Waals surface area contributed by atoms with Gasteiger partial charge in [0.25, 0.3) is 0 Å². The molecule has 3 nitrogen and oxygen atoms in total. The van der Waals surface area contributed by atoms with E-state index in [1.165, 1.54) is 5.56 Å². The Morgan fingerprint density at radius 2 is 1.93 bits per heavy atom. The van der Waals surface area contributed by atoms with Crippen molar-refractivity contribution in [2.75, 3.05) is 5.73 Å². The second-order valence-corrected chi connectivity index (χ2v) is 3.40. The predicted molar refractivity (Wildman–Crippen MR) is 56.9 cm³/mol. The third-order valence-corrected chi connectivity index (χ3v) is 2.10. The number of nitrogen functional groups attached to an aromatic ring is 1. The number of aryl methyl sites for hydroxylation is 1. The summed E-state index contributed by atoms with van der Waals surface area (Å²) in [4.78, 5) is 0. The highest BCUT2D eigenvalue weighted by Gasteiger charge is 1.96. The summed E-state index contributed by atoms with van der Waals surface area (Å²) in [5.74, 6) is 0. The van der Waals surface area contributed by atoms with Crippen LogP contribution in [0.2, 0.25) is 0 Å². The summed E-state index contributed by atoms with van der Waals surface area (Å²) in [6, 6.07) is 9.85. The van der Waals surface area contributed by atoms with Crippen LogP contribution in [-0.2, 0) is 6.54 Å². The monoisotopic (exact) mass is 187 g/mol. The minimum absolute atomic E-state index is 0.797. The zero-order valence-electron chi connectivity index (χ0n) is 8.14. The van der Waals surface area contributed by atoms with Crippen LogP contribution in [0.3, 0.4) is 0 Å². The van der Waals surface area contributed by atoms with Gasteiger partial charge in [0.05, 0.1) is 12.2 Å². The highest BCUT2D eigenvalue weighted by Crippen LogP contribution is 2.07. The summed E-state index contributed by atoms with van der Waals surface area (Å²) in [5.41, 5.74) is 8.65. The highest BCUT2D eigenvalue weighted by molar-refractivity contribution is 5.39. The zero-order valence-corrected chi connectivity index (χ0v) is 8.14. The lowest BCUT2D eigenvalue weighted by atomic mass is 10.2. The number of nitrogens with zero attached hydrogens (tertiary/aromatic N) is 2. The molecule has 0 aliphatic carbocycles. The molecule has 2 rings (SSSR count). The summed E-state index contributed by atoms with van der Waals surface area (Å²) in [6.07, 6.45) is 1.98. The third-order valence-electron chi connectivity index (χ3n) is 2.10. The van der Waals surface area contributed by atoms with Gasteiger partial charge >= 0.3 is 0 Å². The predicted octanol–water partition coefficient (Wildman–Crippen LogP) is 1.82. The van der Waals surface area contributed by atoms with E-state index in [-0.39, 0.29) is 0 Å². The second kappa shape index (κ2) is 3.54. The number of anilines is 1. The highest BCUT2D eigenvalue weighted by atomic mass is 15.3. The molecule has 1 aromatic carbocycles. The maximum absolute atomic E-state index is 5.60. The number of hydrogen-bond acceptors (Lipinski definition) is 2. The summed E-state index contributed by atoms with van der Waals surface area (Å²) in [6.45, 7) is 2.79. The molecule has 0 aliphatic heterocycles. The molecule has 2 aromatic rings. The van der Waals surface area contributed by atoms with Gasteiger partial charge < -0.3 is 5.73 Å². The molecule has 0 fully saturated rings. The average molecular weight is 187 g/mol. The van der Waals surface area contributed by atoms with Crippen LogP contribution in [0.5, 0.6) is 0 Å². The minimum atomic E-state index is 0.797. The molecule has 0 saturated heterocycles. The van der Waals surface area contributed by atoms with Crippen LogP contribution in [0.1, 0.15) is 11.3 Å². The van der Waals surface area contributed by atoms with Crippen molar-refractivity contribution < 1.29 is 0 Å². The first-order valence-electron chi connectivity index (χ1n) is 4.58. The van der Waals surface area contributed by atoms with Crippen molar-refractivity contribution >= 4 is 5.69 Å². The summed E-state index contributed by atoms with van der Waals surface area (Å²) in [5, 5.41) is 4.31. The molecular weight excluding hydrogens is 174 g/mol. The molecule has 0 spiro atoms. The van der Waals surface area contributed by atoms with Crippen molar-refractivity contribution in [1.29, 1.82) is 0 Å². The largest absolute Gasteiger partial charge is 0.399 e. The summed E-state index contributed by atoms with van der Waals surface area (Å²) in [7, 11) is 0. The van der Waals surface area contributed by atoms with Crippen molar-refractivity contribution in [3.8, 4) is 0 Å². The van der Waals surface area contributed by atoms with Gasteiger partial charge in [-0.25, -0.2) is 0 Å². The molecule has 1 heterocycles. The first-order chi connectivity index (χ1) is 6.74. The Kier molecular flexibility index (Phi) is 2.23. The molecule has 2 N–H and O–H groups in total. The molecule has 0 aliphatic rings. The van der Waals surface area contributed by atoms with Gasteiger partial charge in [-0.15, -0.1) is 0 Å². The minimum Gasteiger partial charge on any atom is -0.399 e. The van der Waals surface area contributed by atoms with E-state index in [1.807, 2.05) is 48.1 Å². The van der Waals surface area contributed by atoms with Crippen LogP contribution in [0.25, 0.3) is 0 Å². The molecule has 72 valence electrons. The van der Waals surface area contributed by atoms with Crippen LogP contribution >= 0.6 is 0 Å². The number of aromatic nitrogens is 2. The molecule has 0 saturated carbocycles. The quantitative estimate of drug-likeness (QED) is 0.729. The molecule has 1 aromatic heterocycles. The first kappa shape index (κ1) is 8.81. The lowest BCUT2D eigenvalue weighted by Crippen LogP contribution is -2.00. The summed E-state index contributed by atoms with van der Waals surface area (Å²) >= 11 is 0. The van der Waals surface area contributed by atoms with Crippen LogP contribution in [0, 0.1) is 6.92 Å². The fourth-order valence-corrected chi connectivity index (χ4v) is 1.36.